The minimum absolute atomic E-state index is 0.00852. The number of ether oxygens (including phenoxy) is 1. The van der Waals surface area contributed by atoms with E-state index in [1.54, 1.807) is 0 Å². The van der Waals surface area contributed by atoms with Crippen LogP contribution in [0.1, 0.15) is 41.6 Å². The number of rotatable bonds is 6. The molecular weight excluding hydrogens is 343 g/mol. The van der Waals surface area contributed by atoms with Gasteiger partial charge in [-0.15, -0.1) is 0 Å². The molecule has 0 aliphatic rings. The largest absolute Gasteiger partial charge is 0.484 e. The normalized spacial score (nSPS) is 12.5. The van der Waals surface area contributed by atoms with Gasteiger partial charge in [0.25, 0.3) is 5.91 Å². The lowest BCUT2D eigenvalue weighted by Crippen LogP contribution is -2.32. The quantitative estimate of drug-likeness (QED) is 0.785. The number of benzene rings is 2. The predicted octanol–water partition coefficient (Wildman–Crippen LogP) is 4.97. The summed E-state index contributed by atoms with van der Waals surface area (Å²) in [6.45, 7) is 5.63. The van der Waals surface area contributed by atoms with Crippen LogP contribution in [0.4, 0.5) is 13.2 Å². The third kappa shape index (κ3) is 5.25. The van der Waals surface area contributed by atoms with E-state index >= 15 is 0 Å². The van der Waals surface area contributed by atoms with Crippen LogP contribution in [0, 0.1) is 13.8 Å². The third-order valence-corrected chi connectivity index (χ3v) is 4.21. The topological polar surface area (TPSA) is 38.3 Å². The van der Waals surface area contributed by atoms with Gasteiger partial charge in [0.1, 0.15) is 5.75 Å². The zero-order valence-electron chi connectivity index (χ0n) is 15.0. The molecule has 0 radical (unpaired) electrons. The molecule has 0 fully saturated rings. The van der Waals surface area contributed by atoms with Gasteiger partial charge in [0.05, 0.1) is 11.6 Å². The summed E-state index contributed by atoms with van der Waals surface area (Å²) in [5.74, 6) is -0.373. The Kier molecular flexibility index (Phi) is 6.29. The lowest BCUT2D eigenvalue weighted by Gasteiger charge is -2.19. The van der Waals surface area contributed by atoms with Crippen LogP contribution in [-0.2, 0) is 11.0 Å². The van der Waals surface area contributed by atoms with E-state index < -0.39 is 11.7 Å². The van der Waals surface area contributed by atoms with Crippen molar-refractivity contribution < 1.29 is 22.7 Å². The molecule has 1 atom stereocenters. The summed E-state index contributed by atoms with van der Waals surface area (Å²) in [6, 6.07) is 10.3. The molecule has 0 bridgehead atoms. The highest BCUT2D eigenvalue weighted by Gasteiger charge is 2.30. The van der Waals surface area contributed by atoms with Gasteiger partial charge in [-0.05, 0) is 55.2 Å². The fourth-order valence-electron chi connectivity index (χ4n) is 2.55. The first-order chi connectivity index (χ1) is 12.2. The fraction of sp³-hybridized carbons (Fsp3) is 0.350. The number of halogens is 3. The van der Waals surface area contributed by atoms with Gasteiger partial charge in [-0.25, -0.2) is 0 Å². The molecule has 2 aromatic rings. The first-order valence-corrected chi connectivity index (χ1v) is 8.37. The molecule has 0 heterocycles. The van der Waals surface area contributed by atoms with Gasteiger partial charge < -0.3 is 10.1 Å². The molecular formula is C20H22F3NO2. The van der Waals surface area contributed by atoms with E-state index in [0.717, 1.165) is 23.3 Å². The minimum atomic E-state index is -4.45. The highest BCUT2D eigenvalue weighted by molar-refractivity contribution is 5.78. The molecule has 0 saturated carbocycles. The zero-order chi connectivity index (χ0) is 19.3. The number of carbonyl (C=O) groups excluding carboxylic acids is 1. The lowest BCUT2D eigenvalue weighted by molar-refractivity contribution is -0.137. The van der Waals surface area contributed by atoms with E-state index in [1.165, 1.54) is 17.7 Å². The van der Waals surface area contributed by atoms with Crippen LogP contribution < -0.4 is 10.1 Å². The fourth-order valence-corrected chi connectivity index (χ4v) is 2.55. The van der Waals surface area contributed by atoms with Gasteiger partial charge in [0.2, 0.25) is 0 Å². The van der Waals surface area contributed by atoms with Crippen LogP contribution >= 0.6 is 0 Å². The van der Waals surface area contributed by atoms with E-state index in [4.69, 9.17) is 4.74 Å². The maximum Gasteiger partial charge on any atom is 0.416 e. The standard InChI is InChI=1S/C20H22F3NO2/c1-4-18(15-9-8-13(2)14(3)10-15)24-19(25)12-26-17-7-5-6-16(11-17)20(21,22)23/h5-11,18H,4,12H2,1-3H3,(H,24,25). The molecule has 0 spiro atoms. The molecule has 0 aliphatic carbocycles. The number of carbonyl (C=O) groups is 1. The van der Waals surface area contributed by atoms with Gasteiger partial charge in [-0.2, -0.15) is 13.2 Å². The molecule has 140 valence electrons. The number of hydrogen-bond donors (Lipinski definition) is 1. The molecule has 0 aromatic heterocycles. The molecule has 2 rings (SSSR count). The number of hydrogen-bond acceptors (Lipinski definition) is 2. The lowest BCUT2D eigenvalue weighted by atomic mass is 9.99. The maximum absolute atomic E-state index is 12.7. The Bertz CT molecular complexity index is 772. The van der Waals surface area contributed by atoms with E-state index in [-0.39, 0.29) is 24.3 Å². The second kappa shape index (κ2) is 8.25. The highest BCUT2D eigenvalue weighted by atomic mass is 19.4. The summed E-state index contributed by atoms with van der Waals surface area (Å²) < 4.78 is 43.3. The van der Waals surface area contributed by atoms with E-state index in [0.29, 0.717) is 6.42 Å². The van der Waals surface area contributed by atoms with Crippen LogP contribution in [0.15, 0.2) is 42.5 Å². The number of aryl methyl sites for hydroxylation is 2. The van der Waals surface area contributed by atoms with Crippen molar-refractivity contribution in [2.24, 2.45) is 0 Å². The van der Waals surface area contributed by atoms with E-state index in [2.05, 4.69) is 5.32 Å². The van der Waals surface area contributed by atoms with E-state index in [1.807, 2.05) is 39.0 Å². The Morgan fingerprint density at radius 1 is 1.12 bits per heavy atom. The smallest absolute Gasteiger partial charge is 0.416 e. The van der Waals surface area contributed by atoms with Crippen molar-refractivity contribution >= 4 is 5.91 Å². The van der Waals surface area contributed by atoms with Gasteiger partial charge >= 0.3 is 6.18 Å². The van der Waals surface area contributed by atoms with E-state index in [9.17, 15) is 18.0 Å². The van der Waals surface area contributed by atoms with Crippen LogP contribution in [0.25, 0.3) is 0 Å². The van der Waals surface area contributed by atoms with Crippen molar-refractivity contribution in [1.82, 2.24) is 5.32 Å². The average Bonchev–Trinajstić information content (AvgIpc) is 2.60. The Hall–Kier alpha value is -2.50. The van der Waals surface area contributed by atoms with Crippen molar-refractivity contribution in [3.63, 3.8) is 0 Å². The predicted molar refractivity (Wildman–Crippen MR) is 94.0 cm³/mol. The second-order valence-electron chi connectivity index (χ2n) is 6.19. The Morgan fingerprint density at radius 2 is 1.85 bits per heavy atom. The molecule has 0 saturated heterocycles. The summed E-state index contributed by atoms with van der Waals surface area (Å²) in [7, 11) is 0. The highest BCUT2D eigenvalue weighted by Crippen LogP contribution is 2.31. The molecule has 0 aliphatic heterocycles. The van der Waals surface area contributed by atoms with Crippen molar-refractivity contribution in [3.8, 4) is 5.75 Å². The molecule has 1 N–H and O–H groups in total. The van der Waals surface area contributed by atoms with Gasteiger partial charge in [-0.3, -0.25) is 4.79 Å². The first-order valence-electron chi connectivity index (χ1n) is 8.37. The van der Waals surface area contributed by atoms with Crippen molar-refractivity contribution in [1.29, 1.82) is 0 Å². The van der Waals surface area contributed by atoms with Crippen molar-refractivity contribution in [3.05, 3.63) is 64.7 Å². The van der Waals surface area contributed by atoms with Crippen LogP contribution in [-0.4, -0.2) is 12.5 Å². The number of amides is 1. The van der Waals surface area contributed by atoms with Crippen LogP contribution in [0.5, 0.6) is 5.75 Å². The van der Waals surface area contributed by atoms with Crippen LogP contribution in [0.3, 0.4) is 0 Å². The van der Waals surface area contributed by atoms with Crippen molar-refractivity contribution in [2.45, 2.75) is 39.4 Å². The summed E-state index contributed by atoms with van der Waals surface area (Å²) in [6.07, 6.45) is -3.75. The van der Waals surface area contributed by atoms with Crippen molar-refractivity contribution in [2.75, 3.05) is 6.61 Å². The molecule has 1 unspecified atom stereocenters. The van der Waals surface area contributed by atoms with Gasteiger partial charge in [-0.1, -0.05) is 31.2 Å². The number of nitrogens with one attached hydrogen (secondary N) is 1. The zero-order valence-corrected chi connectivity index (χ0v) is 15.0. The van der Waals surface area contributed by atoms with Gasteiger partial charge in [0.15, 0.2) is 6.61 Å². The van der Waals surface area contributed by atoms with Gasteiger partial charge in [0, 0.05) is 0 Å². The second-order valence-corrected chi connectivity index (χ2v) is 6.19. The molecule has 26 heavy (non-hydrogen) atoms. The molecule has 6 heteroatoms. The third-order valence-electron chi connectivity index (χ3n) is 4.21. The Morgan fingerprint density at radius 3 is 2.46 bits per heavy atom. The first kappa shape index (κ1) is 19.8. The summed E-state index contributed by atoms with van der Waals surface area (Å²) >= 11 is 0. The Balaban J connectivity index is 1.98. The molecule has 1 amide bonds. The molecule has 3 nitrogen and oxygen atoms in total. The monoisotopic (exact) mass is 365 g/mol. The minimum Gasteiger partial charge on any atom is -0.484 e. The summed E-state index contributed by atoms with van der Waals surface area (Å²) in [4.78, 5) is 12.1. The number of alkyl halides is 3. The summed E-state index contributed by atoms with van der Waals surface area (Å²) in [5, 5.41) is 2.86. The SMILES string of the molecule is CCC(NC(=O)COc1cccc(C(F)(F)F)c1)c1ccc(C)c(C)c1. The maximum atomic E-state index is 12.7. The molecule has 2 aromatic carbocycles. The Labute approximate surface area is 151 Å². The van der Waals surface area contributed by atoms with Crippen LogP contribution in [0.2, 0.25) is 0 Å². The summed E-state index contributed by atoms with van der Waals surface area (Å²) in [5.41, 5.74) is 2.48. The average molecular weight is 365 g/mol.